The van der Waals surface area contributed by atoms with Crippen LogP contribution in [0.2, 0.25) is 0 Å². The molecule has 2 N–H and O–H groups in total. The molecule has 5 nitrogen and oxygen atoms in total. The van der Waals surface area contributed by atoms with Crippen LogP contribution in [-0.2, 0) is 11.2 Å². The molecule has 1 heterocycles. The number of carbonyl (C=O) groups excluding carboxylic acids is 2. The zero-order chi connectivity index (χ0) is 19.6. The molecule has 0 saturated heterocycles. The lowest BCUT2D eigenvalue weighted by Crippen LogP contribution is -2.42. The van der Waals surface area contributed by atoms with Crippen molar-refractivity contribution in [3.63, 3.8) is 0 Å². The fourth-order valence-corrected chi connectivity index (χ4v) is 2.86. The van der Waals surface area contributed by atoms with Gasteiger partial charge in [0.05, 0.1) is 16.8 Å². The first-order chi connectivity index (χ1) is 12.9. The number of hydrogen-bond acceptors (Lipinski definition) is 4. The second-order valence-electron chi connectivity index (χ2n) is 5.99. The normalized spacial score (nSPS) is 14.3. The highest BCUT2D eigenvalue weighted by Gasteiger charge is 2.31. The fourth-order valence-electron chi connectivity index (χ4n) is 2.86. The molecule has 2 aromatic carbocycles. The van der Waals surface area contributed by atoms with Crippen molar-refractivity contribution < 1.29 is 23.5 Å². The zero-order valence-corrected chi connectivity index (χ0v) is 14.2. The van der Waals surface area contributed by atoms with E-state index >= 15 is 0 Å². The van der Waals surface area contributed by atoms with Crippen LogP contribution in [0, 0.1) is 17.0 Å². The van der Waals surface area contributed by atoms with Crippen LogP contribution < -0.4 is 4.90 Å². The van der Waals surface area contributed by atoms with Gasteiger partial charge in [-0.1, -0.05) is 18.2 Å². The maximum Gasteiger partial charge on any atom is 0.236 e. The number of halogens is 2. The molecule has 2 aromatic rings. The van der Waals surface area contributed by atoms with Crippen molar-refractivity contribution >= 4 is 23.2 Å². The van der Waals surface area contributed by atoms with Crippen LogP contribution in [0.4, 0.5) is 14.5 Å². The van der Waals surface area contributed by atoms with Crippen LogP contribution in [0.15, 0.2) is 54.1 Å². The smallest absolute Gasteiger partial charge is 0.236 e. The maximum absolute atomic E-state index is 13.9. The van der Waals surface area contributed by atoms with Crippen molar-refractivity contribution in [1.29, 1.82) is 5.41 Å². The fraction of sp³-hybridized carbons (Fsp3) is 0.150. The minimum Gasteiger partial charge on any atom is -0.396 e. The molecule has 7 heteroatoms. The predicted octanol–water partition coefficient (Wildman–Crippen LogP) is 3.02. The molecule has 0 radical (unpaired) electrons. The molecule has 0 bridgehead atoms. The summed E-state index contributed by atoms with van der Waals surface area (Å²) in [5.74, 6) is -3.38. The van der Waals surface area contributed by atoms with Gasteiger partial charge in [-0.3, -0.25) is 19.9 Å². The molecule has 0 spiro atoms. The number of rotatable bonds is 5. The van der Waals surface area contributed by atoms with Gasteiger partial charge in [0.25, 0.3) is 0 Å². The van der Waals surface area contributed by atoms with Crippen molar-refractivity contribution in [3.05, 3.63) is 76.9 Å². The van der Waals surface area contributed by atoms with Crippen LogP contribution in [0.5, 0.6) is 0 Å². The van der Waals surface area contributed by atoms with E-state index in [-0.39, 0.29) is 30.0 Å². The standard InChI is InChI=1S/C20H16F2N2O3/c21-13-3-6-15(17(22)11-13)19(27)16-7-8-18(26)24(20(16)23)14-4-1-12(2-5-14)9-10-25/h1-7,11,23,25H,8-10H2. The van der Waals surface area contributed by atoms with Gasteiger partial charge in [0, 0.05) is 19.1 Å². The van der Waals surface area contributed by atoms with Gasteiger partial charge < -0.3 is 5.11 Å². The molecular formula is C20H16F2N2O3. The summed E-state index contributed by atoms with van der Waals surface area (Å²) in [4.78, 5) is 26.0. The summed E-state index contributed by atoms with van der Waals surface area (Å²) in [5.41, 5.74) is 0.765. The molecule has 1 aliphatic rings. The van der Waals surface area contributed by atoms with E-state index in [1.165, 1.54) is 6.08 Å². The van der Waals surface area contributed by atoms with Crippen molar-refractivity contribution in [1.82, 2.24) is 0 Å². The Kier molecular flexibility index (Phi) is 5.23. The molecule has 0 saturated carbocycles. The number of carbonyl (C=O) groups is 2. The number of Topliss-reactive ketones (excluding diaryl/α,β-unsaturated/α-hetero) is 1. The first kappa shape index (κ1) is 18.6. The number of nitrogens with one attached hydrogen (secondary N) is 1. The summed E-state index contributed by atoms with van der Waals surface area (Å²) in [5, 5.41) is 17.2. The zero-order valence-electron chi connectivity index (χ0n) is 14.2. The number of nitrogens with zero attached hydrogens (tertiary/aromatic N) is 1. The molecule has 0 unspecified atom stereocenters. The van der Waals surface area contributed by atoms with Gasteiger partial charge in [0.2, 0.25) is 5.91 Å². The Bertz CT molecular complexity index is 952. The van der Waals surface area contributed by atoms with E-state index in [4.69, 9.17) is 10.5 Å². The second kappa shape index (κ2) is 7.59. The Morgan fingerprint density at radius 1 is 1.15 bits per heavy atom. The lowest BCUT2D eigenvalue weighted by molar-refractivity contribution is -0.117. The number of aliphatic hydroxyl groups excluding tert-OH is 1. The molecule has 0 aromatic heterocycles. The average molecular weight is 370 g/mol. The molecule has 3 rings (SSSR count). The molecule has 138 valence electrons. The van der Waals surface area contributed by atoms with E-state index in [1.54, 1.807) is 24.3 Å². The van der Waals surface area contributed by atoms with Crippen molar-refractivity contribution in [2.45, 2.75) is 12.8 Å². The Labute approximate surface area is 154 Å². The Morgan fingerprint density at radius 2 is 1.85 bits per heavy atom. The number of anilines is 1. The Balaban J connectivity index is 1.91. The van der Waals surface area contributed by atoms with E-state index in [0.717, 1.165) is 22.6 Å². The van der Waals surface area contributed by atoms with Gasteiger partial charge in [-0.05, 0) is 36.2 Å². The summed E-state index contributed by atoms with van der Waals surface area (Å²) in [7, 11) is 0. The number of ketones is 1. The minimum atomic E-state index is -1.02. The lowest BCUT2D eigenvalue weighted by atomic mass is 9.97. The van der Waals surface area contributed by atoms with E-state index in [1.807, 2.05) is 0 Å². The summed E-state index contributed by atoms with van der Waals surface area (Å²) in [6.45, 7) is -0.0115. The van der Waals surface area contributed by atoms with Crippen LogP contribution in [0.25, 0.3) is 0 Å². The van der Waals surface area contributed by atoms with Gasteiger partial charge in [0.1, 0.15) is 17.5 Å². The van der Waals surface area contributed by atoms with Crippen LogP contribution in [0.3, 0.4) is 0 Å². The van der Waals surface area contributed by atoms with Gasteiger partial charge in [-0.2, -0.15) is 0 Å². The van der Waals surface area contributed by atoms with E-state index in [2.05, 4.69) is 0 Å². The largest absolute Gasteiger partial charge is 0.396 e. The number of benzene rings is 2. The highest BCUT2D eigenvalue weighted by atomic mass is 19.1. The third-order valence-corrected chi connectivity index (χ3v) is 4.22. The molecule has 27 heavy (non-hydrogen) atoms. The number of aliphatic hydroxyl groups is 1. The highest BCUT2D eigenvalue weighted by Crippen LogP contribution is 2.25. The first-order valence-electron chi connectivity index (χ1n) is 8.24. The summed E-state index contributed by atoms with van der Waals surface area (Å²) in [6, 6.07) is 9.24. The molecule has 0 atom stereocenters. The molecule has 1 amide bonds. The third-order valence-electron chi connectivity index (χ3n) is 4.22. The molecule has 1 aliphatic heterocycles. The van der Waals surface area contributed by atoms with E-state index in [0.29, 0.717) is 18.2 Å². The van der Waals surface area contributed by atoms with Crippen LogP contribution >= 0.6 is 0 Å². The number of hydrogen-bond donors (Lipinski definition) is 2. The summed E-state index contributed by atoms with van der Waals surface area (Å²) < 4.78 is 27.0. The first-order valence-corrected chi connectivity index (χ1v) is 8.24. The number of amides is 1. The SMILES string of the molecule is N=C1C(C(=O)c2ccc(F)cc2F)=CCC(=O)N1c1ccc(CCO)cc1. The third kappa shape index (κ3) is 3.68. The molecule has 0 aliphatic carbocycles. The van der Waals surface area contributed by atoms with Crippen molar-refractivity contribution in [2.24, 2.45) is 0 Å². The van der Waals surface area contributed by atoms with Gasteiger partial charge >= 0.3 is 0 Å². The highest BCUT2D eigenvalue weighted by molar-refractivity contribution is 6.37. The van der Waals surface area contributed by atoms with Gasteiger partial charge in [0.15, 0.2) is 5.78 Å². The second-order valence-corrected chi connectivity index (χ2v) is 5.99. The Morgan fingerprint density at radius 3 is 2.48 bits per heavy atom. The van der Waals surface area contributed by atoms with Crippen LogP contribution in [0.1, 0.15) is 22.3 Å². The molecule has 0 fully saturated rings. The van der Waals surface area contributed by atoms with Gasteiger partial charge in [-0.25, -0.2) is 8.78 Å². The quantitative estimate of drug-likeness (QED) is 0.794. The van der Waals surface area contributed by atoms with E-state index in [9.17, 15) is 18.4 Å². The summed E-state index contributed by atoms with van der Waals surface area (Å²) >= 11 is 0. The van der Waals surface area contributed by atoms with Crippen LogP contribution in [-0.4, -0.2) is 29.2 Å². The summed E-state index contributed by atoms with van der Waals surface area (Å²) in [6.07, 6.45) is 1.62. The lowest BCUT2D eigenvalue weighted by Gasteiger charge is -2.27. The minimum absolute atomic E-state index is 0.0115. The number of amidine groups is 1. The van der Waals surface area contributed by atoms with Gasteiger partial charge in [-0.15, -0.1) is 0 Å². The topological polar surface area (TPSA) is 81.5 Å². The monoisotopic (exact) mass is 370 g/mol. The van der Waals surface area contributed by atoms with E-state index < -0.39 is 23.3 Å². The van der Waals surface area contributed by atoms with Crippen molar-refractivity contribution in [3.8, 4) is 0 Å². The average Bonchev–Trinajstić information content (AvgIpc) is 2.63. The maximum atomic E-state index is 13.9. The molecular weight excluding hydrogens is 354 g/mol. The van der Waals surface area contributed by atoms with Crippen molar-refractivity contribution in [2.75, 3.05) is 11.5 Å². The Hall–Kier alpha value is -3.19. The predicted molar refractivity (Wildman–Crippen MR) is 95.8 cm³/mol.